The molecule has 1 aromatic heterocycles. The minimum absolute atomic E-state index is 0.114. The molecule has 0 atom stereocenters. The molecule has 20 heavy (non-hydrogen) atoms. The Bertz CT molecular complexity index is 596. The number of aromatic nitrogens is 1. The quantitative estimate of drug-likeness (QED) is 0.599. The zero-order valence-corrected chi connectivity index (χ0v) is 11.7. The van der Waals surface area contributed by atoms with Gasteiger partial charge in [-0.25, -0.2) is 4.98 Å². The summed E-state index contributed by atoms with van der Waals surface area (Å²) in [5.41, 5.74) is 3.10. The summed E-state index contributed by atoms with van der Waals surface area (Å²) in [6.07, 6.45) is 1.70. The second kappa shape index (κ2) is 7.03. The van der Waals surface area contributed by atoms with Gasteiger partial charge in [0.05, 0.1) is 12.1 Å². The molecular formula is C16H20N2O2. The van der Waals surface area contributed by atoms with E-state index in [1.54, 1.807) is 6.08 Å². The van der Waals surface area contributed by atoms with Crippen molar-refractivity contribution in [2.45, 2.75) is 13.5 Å². The summed E-state index contributed by atoms with van der Waals surface area (Å²) < 4.78 is 5.62. The van der Waals surface area contributed by atoms with Gasteiger partial charge in [0.15, 0.2) is 0 Å². The fourth-order valence-electron chi connectivity index (χ4n) is 2.01. The van der Waals surface area contributed by atoms with Crippen LogP contribution in [0.3, 0.4) is 0 Å². The molecule has 0 aliphatic heterocycles. The molecule has 1 aromatic carbocycles. The molecule has 2 aromatic rings. The van der Waals surface area contributed by atoms with Crippen molar-refractivity contribution in [3.8, 4) is 5.88 Å². The van der Waals surface area contributed by atoms with Crippen LogP contribution in [0, 0.1) is 6.92 Å². The van der Waals surface area contributed by atoms with E-state index in [0.717, 1.165) is 16.5 Å². The van der Waals surface area contributed by atoms with Gasteiger partial charge in [0, 0.05) is 24.0 Å². The van der Waals surface area contributed by atoms with Gasteiger partial charge < -0.3 is 15.2 Å². The molecule has 4 nitrogen and oxygen atoms in total. The summed E-state index contributed by atoms with van der Waals surface area (Å²) in [7, 11) is 0. The zero-order valence-electron chi connectivity index (χ0n) is 11.7. The predicted molar refractivity (Wildman–Crippen MR) is 81.0 cm³/mol. The number of aliphatic hydroxyl groups is 1. The molecule has 0 unspecified atom stereocenters. The highest BCUT2D eigenvalue weighted by Crippen LogP contribution is 2.23. The molecule has 0 bridgehead atoms. The summed E-state index contributed by atoms with van der Waals surface area (Å²) in [6, 6.07) is 8.22. The van der Waals surface area contributed by atoms with E-state index in [9.17, 15) is 0 Å². The van der Waals surface area contributed by atoms with Crippen LogP contribution >= 0.6 is 0 Å². The Balaban J connectivity index is 2.35. The highest BCUT2D eigenvalue weighted by atomic mass is 16.5. The maximum Gasteiger partial charge on any atom is 0.218 e. The highest BCUT2D eigenvalue weighted by Gasteiger charge is 2.08. The standard InChI is InChI=1S/C16H20N2O2/c1-3-8-20-16-14(11-17-6-7-19)10-13-9-12(2)4-5-15(13)18-16/h3-5,9-10,17,19H,1,6-8,11H2,2H3. The monoisotopic (exact) mass is 272 g/mol. The first-order chi connectivity index (χ1) is 9.74. The second-order valence-electron chi connectivity index (χ2n) is 4.65. The number of nitrogens with one attached hydrogen (secondary N) is 1. The van der Waals surface area contributed by atoms with E-state index >= 15 is 0 Å². The van der Waals surface area contributed by atoms with E-state index in [1.807, 2.05) is 12.1 Å². The minimum Gasteiger partial charge on any atom is -0.473 e. The molecule has 2 N–H and O–H groups in total. The number of aryl methyl sites for hydroxylation is 1. The Morgan fingerprint density at radius 2 is 2.25 bits per heavy atom. The van der Waals surface area contributed by atoms with Gasteiger partial charge in [-0.15, -0.1) is 0 Å². The SMILES string of the molecule is C=CCOc1nc2ccc(C)cc2cc1CNCCO. The Morgan fingerprint density at radius 1 is 1.40 bits per heavy atom. The summed E-state index contributed by atoms with van der Waals surface area (Å²) in [4.78, 5) is 4.56. The van der Waals surface area contributed by atoms with Crippen molar-refractivity contribution in [1.29, 1.82) is 0 Å². The van der Waals surface area contributed by atoms with Gasteiger partial charge in [-0.1, -0.05) is 24.3 Å². The average Bonchev–Trinajstić information content (AvgIpc) is 2.45. The van der Waals surface area contributed by atoms with Crippen molar-refractivity contribution in [3.05, 3.63) is 48.0 Å². The maximum absolute atomic E-state index is 8.84. The molecule has 0 aliphatic carbocycles. The van der Waals surface area contributed by atoms with Gasteiger partial charge in [-0.2, -0.15) is 0 Å². The molecule has 0 radical (unpaired) electrons. The van der Waals surface area contributed by atoms with Gasteiger partial charge >= 0.3 is 0 Å². The number of hydrogen-bond donors (Lipinski definition) is 2. The Morgan fingerprint density at radius 3 is 3.00 bits per heavy atom. The first-order valence-electron chi connectivity index (χ1n) is 6.70. The molecule has 106 valence electrons. The van der Waals surface area contributed by atoms with Crippen LogP contribution in [0.25, 0.3) is 10.9 Å². The first-order valence-corrected chi connectivity index (χ1v) is 6.70. The van der Waals surface area contributed by atoms with Gasteiger partial charge in [-0.05, 0) is 25.1 Å². The largest absolute Gasteiger partial charge is 0.473 e. The number of ether oxygens (including phenoxy) is 1. The molecule has 0 saturated carbocycles. The summed E-state index contributed by atoms with van der Waals surface area (Å²) in [6.45, 7) is 7.42. The number of benzene rings is 1. The second-order valence-corrected chi connectivity index (χ2v) is 4.65. The van der Waals surface area contributed by atoms with Crippen LogP contribution in [0.1, 0.15) is 11.1 Å². The van der Waals surface area contributed by atoms with Crippen molar-refractivity contribution < 1.29 is 9.84 Å². The van der Waals surface area contributed by atoms with Crippen LogP contribution in [0.2, 0.25) is 0 Å². The van der Waals surface area contributed by atoms with E-state index in [-0.39, 0.29) is 6.61 Å². The van der Waals surface area contributed by atoms with E-state index in [0.29, 0.717) is 25.6 Å². The fraction of sp³-hybridized carbons (Fsp3) is 0.312. The van der Waals surface area contributed by atoms with Crippen molar-refractivity contribution in [1.82, 2.24) is 10.3 Å². The number of pyridine rings is 1. The van der Waals surface area contributed by atoms with Gasteiger partial charge in [0.25, 0.3) is 0 Å². The number of nitrogens with zero attached hydrogens (tertiary/aromatic N) is 1. The van der Waals surface area contributed by atoms with Crippen molar-refractivity contribution >= 4 is 10.9 Å². The third-order valence-corrected chi connectivity index (χ3v) is 2.95. The lowest BCUT2D eigenvalue weighted by Crippen LogP contribution is -2.18. The van der Waals surface area contributed by atoms with Crippen LogP contribution in [0.5, 0.6) is 5.88 Å². The average molecular weight is 272 g/mol. The molecule has 0 spiro atoms. The first kappa shape index (κ1) is 14.5. The fourth-order valence-corrected chi connectivity index (χ4v) is 2.01. The molecular weight excluding hydrogens is 252 g/mol. The van der Waals surface area contributed by atoms with Crippen molar-refractivity contribution in [2.24, 2.45) is 0 Å². The number of hydrogen-bond acceptors (Lipinski definition) is 4. The lowest BCUT2D eigenvalue weighted by Gasteiger charge is -2.12. The zero-order chi connectivity index (χ0) is 14.4. The topological polar surface area (TPSA) is 54.4 Å². The molecule has 2 rings (SSSR count). The number of aliphatic hydroxyl groups excluding tert-OH is 1. The third-order valence-electron chi connectivity index (χ3n) is 2.95. The van der Waals surface area contributed by atoms with Gasteiger partial charge in [-0.3, -0.25) is 0 Å². The van der Waals surface area contributed by atoms with Crippen LogP contribution in [0.15, 0.2) is 36.9 Å². The van der Waals surface area contributed by atoms with Gasteiger partial charge in [0.2, 0.25) is 5.88 Å². The lowest BCUT2D eigenvalue weighted by atomic mass is 10.1. The number of fused-ring (bicyclic) bond motifs is 1. The van der Waals surface area contributed by atoms with Crippen LogP contribution in [-0.2, 0) is 6.54 Å². The molecule has 0 amide bonds. The smallest absolute Gasteiger partial charge is 0.218 e. The predicted octanol–water partition coefficient (Wildman–Crippen LogP) is 2.19. The minimum atomic E-state index is 0.114. The molecule has 0 saturated heterocycles. The Kier molecular flexibility index (Phi) is 5.09. The third kappa shape index (κ3) is 3.56. The van der Waals surface area contributed by atoms with Crippen LogP contribution in [0.4, 0.5) is 0 Å². The van der Waals surface area contributed by atoms with Crippen LogP contribution in [-0.4, -0.2) is 29.8 Å². The summed E-state index contributed by atoms with van der Waals surface area (Å²) >= 11 is 0. The number of rotatable bonds is 7. The van der Waals surface area contributed by atoms with Gasteiger partial charge in [0.1, 0.15) is 6.61 Å². The van der Waals surface area contributed by atoms with E-state index < -0.39 is 0 Å². The normalized spacial score (nSPS) is 10.7. The van der Waals surface area contributed by atoms with Crippen molar-refractivity contribution in [2.75, 3.05) is 19.8 Å². The maximum atomic E-state index is 8.84. The Labute approximate surface area is 119 Å². The van der Waals surface area contributed by atoms with Crippen molar-refractivity contribution in [3.63, 3.8) is 0 Å². The lowest BCUT2D eigenvalue weighted by molar-refractivity contribution is 0.290. The van der Waals surface area contributed by atoms with E-state index in [1.165, 1.54) is 5.56 Å². The summed E-state index contributed by atoms with van der Waals surface area (Å²) in [5.74, 6) is 0.617. The Hall–Kier alpha value is -1.91. The molecule has 1 heterocycles. The molecule has 0 fully saturated rings. The van der Waals surface area contributed by atoms with E-state index in [2.05, 4.69) is 35.9 Å². The van der Waals surface area contributed by atoms with E-state index in [4.69, 9.17) is 9.84 Å². The highest BCUT2D eigenvalue weighted by molar-refractivity contribution is 5.80. The van der Waals surface area contributed by atoms with Crippen LogP contribution < -0.4 is 10.1 Å². The molecule has 0 aliphatic rings. The summed E-state index contributed by atoms with van der Waals surface area (Å²) in [5, 5.41) is 13.1. The molecule has 4 heteroatoms.